The summed E-state index contributed by atoms with van der Waals surface area (Å²) in [5.74, 6) is -0.209. The van der Waals surface area contributed by atoms with E-state index in [0.29, 0.717) is 25.3 Å². The number of aromatic nitrogens is 1. The van der Waals surface area contributed by atoms with Gasteiger partial charge in [0.2, 0.25) is 5.91 Å². The second-order valence-corrected chi connectivity index (χ2v) is 7.48. The summed E-state index contributed by atoms with van der Waals surface area (Å²) in [6, 6.07) is 0. The van der Waals surface area contributed by atoms with Crippen molar-refractivity contribution in [3.05, 3.63) is 16.1 Å². The van der Waals surface area contributed by atoms with E-state index >= 15 is 0 Å². The molecule has 1 aromatic heterocycles. The number of hydrogen-bond donors (Lipinski definition) is 0. The molecule has 0 unspecified atom stereocenters. The molecule has 0 aliphatic heterocycles. The first-order valence-corrected chi connectivity index (χ1v) is 10.9. The van der Waals surface area contributed by atoms with E-state index in [9.17, 15) is 9.59 Å². The van der Waals surface area contributed by atoms with Crippen LogP contribution in [-0.4, -0.2) is 34.9 Å². The van der Waals surface area contributed by atoms with E-state index in [1.165, 1.54) is 43.4 Å². The molecular formula is C20H34N2O3S. The van der Waals surface area contributed by atoms with Crippen LogP contribution in [0.2, 0.25) is 0 Å². The lowest BCUT2D eigenvalue weighted by atomic mass is 10.1. The molecule has 0 saturated heterocycles. The summed E-state index contributed by atoms with van der Waals surface area (Å²) in [5, 5.41) is 2.49. The van der Waals surface area contributed by atoms with Crippen molar-refractivity contribution in [1.29, 1.82) is 0 Å². The minimum Gasteiger partial charge on any atom is -0.461 e. The number of esters is 1. The highest BCUT2D eigenvalue weighted by atomic mass is 32.1. The standard InChI is InChI=1S/C20H34N2O3S/c1-4-7-8-9-10-11-12-13-19(23)22(14-5-2)15-18-21-17(16-26-18)20(24)25-6-3/h16H,4-15H2,1-3H3. The molecule has 148 valence electrons. The van der Waals surface area contributed by atoms with E-state index in [-0.39, 0.29) is 5.91 Å². The molecule has 1 aromatic rings. The zero-order chi connectivity index (χ0) is 19.2. The van der Waals surface area contributed by atoms with Gasteiger partial charge in [0, 0.05) is 18.3 Å². The molecule has 0 N–H and O–H groups in total. The van der Waals surface area contributed by atoms with Crippen molar-refractivity contribution in [3.63, 3.8) is 0 Å². The smallest absolute Gasteiger partial charge is 0.357 e. The second kappa shape index (κ2) is 13.7. The van der Waals surface area contributed by atoms with Crippen LogP contribution in [0.25, 0.3) is 0 Å². The van der Waals surface area contributed by atoms with Crippen molar-refractivity contribution in [2.45, 2.75) is 85.1 Å². The van der Waals surface area contributed by atoms with Crippen molar-refractivity contribution in [2.75, 3.05) is 13.2 Å². The van der Waals surface area contributed by atoms with Gasteiger partial charge < -0.3 is 9.64 Å². The molecule has 0 aliphatic carbocycles. The lowest BCUT2D eigenvalue weighted by Gasteiger charge is -2.21. The summed E-state index contributed by atoms with van der Waals surface area (Å²) in [5.41, 5.74) is 0.336. The molecule has 1 amide bonds. The Kier molecular flexibility index (Phi) is 11.9. The Morgan fingerprint density at radius 3 is 2.38 bits per heavy atom. The molecule has 0 saturated carbocycles. The third-order valence-corrected chi connectivity index (χ3v) is 5.04. The number of rotatable bonds is 14. The zero-order valence-corrected chi connectivity index (χ0v) is 17.4. The van der Waals surface area contributed by atoms with Crippen LogP contribution in [0.5, 0.6) is 0 Å². The summed E-state index contributed by atoms with van der Waals surface area (Å²) < 4.78 is 4.97. The molecule has 0 aliphatic rings. The van der Waals surface area contributed by atoms with E-state index in [1.54, 1.807) is 12.3 Å². The molecule has 26 heavy (non-hydrogen) atoms. The third kappa shape index (κ3) is 8.79. The van der Waals surface area contributed by atoms with Crippen LogP contribution in [0.4, 0.5) is 0 Å². The Morgan fingerprint density at radius 2 is 1.73 bits per heavy atom. The topological polar surface area (TPSA) is 59.5 Å². The van der Waals surface area contributed by atoms with Gasteiger partial charge in [-0.25, -0.2) is 9.78 Å². The van der Waals surface area contributed by atoms with Crippen LogP contribution >= 0.6 is 11.3 Å². The predicted molar refractivity (Wildman–Crippen MR) is 106 cm³/mol. The highest BCUT2D eigenvalue weighted by molar-refractivity contribution is 7.09. The van der Waals surface area contributed by atoms with Crippen molar-refractivity contribution >= 4 is 23.2 Å². The number of hydrogen-bond acceptors (Lipinski definition) is 5. The van der Waals surface area contributed by atoms with Crippen LogP contribution < -0.4 is 0 Å². The summed E-state index contributed by atoms with van der Waals surface area (Å²) >= 11 is 1.41. The summed E-state index contributed by atoms with van der Waals surface area (Å²) in [4.78, 5) is 30.4. The van der Waals surface area contributed by atoms with Gasteiger partial charge in [0.05, 0.1) is 13.2 Å². The molecular weight excluding hydrogens is 348 g/mol. The molecule has 6 heteroatoms. The molecule has 0 bridgehead atoms. The molecule has 0 aromatic carbocycles. The van der Waals surface area contributed by atoms with Crippen molar-refractivity contribution in [1.82, 2.24) is 9.88 Å². The minimum absolute atomic E-state index is 0.188. The van der Waals surface area contributed by atoms with Gasteiger partial charge in [0.25, 0.3) is 0 Å². The summed E-state index contributed by atoms with van der Waals surface area (Å²) in [6.45, 7) is 7.61. The van der Waals surface area contributed by atoms with E-state index < -0.39 is 5.97 Å². The molecule has 1 rings (SSSR count). The number of nitrogens with zero attached hydrogens (tertiary/aromatic N) is 2. The fourth-order valence-electron chi connectivity index (χ4n) is 2.80. The SMILES string of the molecule is CCCCCCCCCC(=O)N(CCC)Cc1nc(C(=O)OCC)cs1. The number of thiazole rings is 1. The fourth-order valence-corrected chi connectivity index (χ4v) is 3.58. The number of unbranched alkanes of at least 4 members (excludes halogenated alkanes) is 6. The van der Waals surface area contributed by atoms with Gasteiger partial charge >= 0.3 is 5.97 Å². The fraction of sp³-hybridized carbons (Fsp3) is 0.750. The summed E-state index contributed by atoms with van der Waals surface area (Å²) in [7, 11) is 0. The number of ether oxygens (including phenoxy) is 1. The second-order valence-electron chi connectivity index (χ2n) is 6.53. The maximum absolute atomic E-state index is 12.5. The van der Waals surface area contributed by atoms with Gasteiger partial charge in [0.1, 0.15) is 5.01 Å². The maximum atomic E-state index is 12.5. The van der Waals surface area contributed by atoms with Crippen LogP contribution in [-0.2, 0) is 16.1 Å². The van der Waals surface area contributed by atoms with Gasteiger partial charge in [-0.2, -0.15) is 0 Å². The predicted octanol–water partition coefficient (Wildman–Crippen LogP) is 5.20. The van der Waals surface area contributed by atoms with E-state index in [0.717, 1.165) is 30.8 Å². The van der Waals surface area contributed by atoms with Gasteiger partial charge in [-0.1, -0.05) is 52.4 Å². The van der Waals surface area contributed by atoms with E-state index in [2.05, 4.69) is 18.8 Å². The molecule has 0 atom stereocenters. The first-order valence-electron chi connectivity index (χ1n) is 10.0. The van der Waals surface area contributed by atoms with Gasteiger partial charge in [-0.05, 0) is 19.8 Å². The van der Waals surface area contributed by atoms with Crippen molar-refractivity contribution < 1.29 is 14.3 Å². The monoisotopic (exact) mass is 382 g/mol. The molecule has 5 nitrogen and oxygen atoms in total. The van der Waals surface area contributed by atoms with E-state index in [1.807, 2.05) is 4.90 Å². The molecule has 1 heterocycles. The highest BCUT2D eigenvalue weighted by Gasteiger charge is 2.17. The highest BCUT2D eigenvalue weighted by Crippen LogP contribution is 2.16. The average molecular weight is 383 g/mol. The quantitative estimate of drug-likeness (QED) is 0.328. The Labute approximate surface area is 162 Å². The number of carbonyl (C=O) groups excluding carboxylic acids is 2. The molecule has 0 spiro atoms. The zero-order valence-electron chi connectivity index (χ0n) is 16.6. The third-order valence-electron chi connectivity index (χ3n) is 4.20. The Bertz CT molecular complexity index is 531. The number of amides is 1. The summed E-state index contributed by atoms with van der Waals surface area (Å²) in [6.07, 6.45) is 9.97. The van der Waals surface area contributed by atoms with Crippen LogP contribution in [0.1, 0.15) is 94.1 Å². The van der Waals surface area contributed by atoms with E-state index in [4.69, 9.17) is 4.74 Å². The van der Waals surface area contributed by atoms with Crippen LogP contribution in [0.15, 0.2) is 5.38 Å². The average Bonchev–Trinajstić information content (AvgIpc) is 3.09. The lowest BCUT2D eigenvalue weighted by molar-refractivity contribution is -0.132. The van der Waals surface area contributed by atoms with Gasteiger partial charge in [-0.3, -0.25) is 4.79 Å². The Balaban J connectivity index is 2.42. The van der Waals surface area contributed by atoms with Crippen molar-refractivity contribution in [2.24, 2.45) is 0 Å². The van der Waals surface area contributed by atoms with Crippen LogP contribution in [0.3, 0.4) is 0 Å². The van der Waals surface area contributed by atoms with Crippen molar-refractivity contribution in [3.8, 4) is 0 Å². The van der Waals surface area contributed by atoms with Crippen LogP contribution in [0, 0.1) is 0 Å². The lowest BCUT2D eigenvalue weighted by Crippen LogP contribution is -2.31. The normalized spacial score (nSPS) is 10.7. The maximum Gasteiger partial charge on any atom is 0.357 e. The van der Waals surface area contributed by atoms with Gasteiger partial charge in [-0.15, -0.1) is 11.3 Å². The van der Waals surface area contributed by atoms with Gasteiger partial charge in [0.15, 0.2) is 5.69 Å². The first-order chi connectivity index (χ1) is 12.6. The number of carbonyl (C=O) groups is 2. The molecule has 0 radical (unpaired) electrons. The minimum atomic E-state index is -0.397. The Hall–Kier alpha value is -1.43. The first kappa shape index (κ1) is 22.6. The largest absolute Gasteiger partial charge is 0.461 e. The molecule has 0 fully saturated rings. The Morgan fingerprint density at radius 1 is 1.04 bits per heavy atom.